The van der Waals surface area contributed by atoms with Gasteiger partial charge in [-0.2, -0.15) is 4.31 Å². The number of benzene rings is 3. The number of hydrogen-bond acceptors (Lipinski definition) is 3. The summed E-state index contributed by atoms with van der Waals surface area (Å²) < 4.78 is 26.6. The summed E-state index contributed by atoms with van der Waals surface area (Å²) >= 11 is 0. The minimum atomic E-state index is -3.73. The highest BCUT2D eigenvalue weighted by Gasteiger charge is 2.25. The van der Waals surface area contributed by atoms with E-state index in [4.69, 9.17) is 0 Å². The Hall–Kier alpha value is -2.96. The van der Waals surface area contributed by atoms with Gasteiger partial charge in [-0.3, -0.25) is 4.79 Å². The van der Waals surface area contributed by atoms with E-state index < -0.39 is 10.0 Å². The minimum absolute atomic E-state index is 0.174. The molecule has 3 aromatic carbocycles. The third-order valence-electron chi connectivity index (χ3n) is 4.59. The summed E-state index contributed by atoms with van der Waals surface area (Å²) in [5.74, 6) is -0.250. The van der Waals surface area contributed by atoms with Crippen LogP contribution in [-0.2, 0) is 27.9 Å². The van der Waals surface area contributed by atoms with E-state index >= 15 is 0 Å². The molecule has 0 atom stereocenters. The third-order valence-corrected chi connectivity index (χ3v) is 6.41. The second kappa shape index (κ2) is 9.49. The molecule has 1 amide bonds. The minimum Gasteiger partial charge on any atom is -0.333 e. The van der Waals surface area contributed by atoms with Gasteiger partial charge in [-0.15, -0.1) is 0 Å². The molecule has 0 bridgehead atoms. The number of carbonyl (C=O) groups is 1. The lowest BCUT2D eigenvalue weighted by Crippen LogP contribution is -2.40. The Bertz CT molecular complexity index is 982. The lowest BCUT2D eigenvalue weighted by Gasteiger charge is -2.26. The van der Waals surface area contributed by atoms with Crippen molar-refractivity contribution in [2.45, 2.75) is 18.0 Å². The number of hydrogen-bond donors (Lipinski definition) is 0. The second-order valence-corrected chi connectivity index (χ2v) is 8.84. The Morgan fingerprint density at radius 1 is 0.724 bits per heavy atom. The van der Waals surface area contributed by atoms with E-state index in [9.17, 15) is 13.2 Å². The molecule has 0 aliphatic heterocycles. The molecule has 150 valence electrons. The van der Waals surface area contributed by atoms with Crippen molar-refractivity contribution in [1.29, 1.82) is 0 Å². The molecule has 0 radical (unpaired) electrons. The van der Waals surface area contributed by atoms with E-state index in [0.29, 0.717) is 13.1 Å². The van der Waals surface area contributed by atoms with Crippen LogP contribution >= 0.6 is 0 Å². The molecule has 0 heterocycles. The van der Waals surface area contributed by atoms with Crippen LogP contribution in [0.1, 0.15) is 11.1 Å². The van der Waals surface area contributed by atoms with E-state index in [2.05, 4.69) is 0 Å². The van der Waals surface area contributed by atoms with Gasteiger partial charge in [-0.05, 0) is 23.3 Å². The van der Waals surface area contributed by atoms with Gasteiger partial charge in [0, 0.05) is 20.1 Å². The Balaban J connectivity index is 1.78. The van der Waals surface area contributed by atoms with Gasteiger partial charge < -0.3 is 4.90 Å². The smallest absolute Gasteiger partial charge is 0.243 e. The topological polar surface area (TPSA) is 57.7 Å². The van der Waals surface area contributed by atoms with Gasteiger partial charge >= 0.3 is 0 Å². The number of nitrogens with zero attached hydrogens (tertiary/aromatic N) is 2. The molecule has 3 aromatic rings. The summed E-state index contributed by atoms with van der Waals surface area (Å²) in [6, 6.07) is 27.5. The number of rotatable bonds is 8. The number of carbonyl (C=O) groups excluding carboxylic acids is 1. The van der Waals surface area contributed by atoms with Crippen LogP contribution < -0.4 is 0 Å². The first-order chi connectivity index (χ1) is 14.0. The zero-order chi connectivity index (χ0) is 20.7. The summed E-state index contributed by atoms with van der Waals surface area (Å²) in [7, 11) is -2.29. The number of amides is 1. The highest BCUT2D eigenvalue weighted by molar-refractivity contribution is 7.89. The highest BCUT2D eigenvalue weighted by atomic mass is 32.2. The molecule has 0 aliphatic rings. The summed E-state index contributed by atoms with van der Waals surface area (Å²) in [5.41, 5.74) is 1.98. The van der Waals surface area contributed by atoms with Crippen molar-refractivity contribution >= 4 is 15.9 Å². The lowest BCUT2D eigenvalue weighted by molar-refractivity contribution is -0.132. The average molecular weight is 409 g/mol. The van der Waals surface area contributed by atoms with Crippen LogP contribution in [-0.4, -0.2) is 37.1 Å². The zero-order valence-electron chi connectivity index (χ0n) is 16.3. The van der Waals surface area contributed by atoms with Crippen molar-refractivity contribution in [2.24, 2.45) is 0 Å². The van der Waals surface area contributed by atoms with Crippen molar-refractivity contribution in [1.82, 2.24) is 9.21 Å². The predicted molar refractivity (Wildman–Crippen MR) is 113 cm³/mol. The molecule has 0 aromatic heterocycles. The molecule has 0 N–H and O–H groups in total. The monoisotopic (exact) mass is 408 g/mol. The van der Waals surface area contributed by atoms with Gasteiger partial charge in [-0.25, -0.2) is 8.42 Å². The van der Waals surface area contributed by atoms with E-state index in [1.807, 2.05) is 60.7 Å². The molecule has 0 unspecified atom stereocenters. The van der Waals surface area contributed by atoms with Crippen LogP contribution in [0.25, 0.3) is 0 Å². The van der Waals surface area contributed by atoms with Crippen molar-refractivity contribution in [3.8, 4) is 0 Å². The van der Waals surface area contributed by atoms with Crippen molar-refractivity contribution in [3.05, 3.63) is 102 Å². The maximum atomic E-state index is 13.1. The molecule has 0 spiro atoms. The molecular formula is C23H24N2O3S. The van der Waals surface area contributed by atoms with Crippen LogP contribution in [0.2, 0.25) is 0 Å². The Morgan fingerprint density at radius 2 is 1.14 bits per heavy atom. The first kappa shape index (κ1) is 20.8. The molecule has 0 fully saturated rings. The van der Waals surface area contributed by atoms with Gasteiger partial charge in [0.2, 0.25) is 15.9 Å². The van der Waals surface area contributed by atoms with E-state index in [1.54, 1.807) is 23.1 Å². The highest BCUT2D eigenvalue weighted by Crippen LogP contribution is 2.15. The van der Waals surface area contributed by atoms with Gasteiger partial charge in [0.15, 0.2) is 0 Å². The summed E-state index contributed by atoms with van der Waals surface area (Å²) in [6.45, 7) is 0.596. The molecule has 3 rings (SSSR count). The van der Waals surface area contributed by atoms with E-state index in [0.717, 1.165) is 15.4 Å². The molecule has 0 saturated heterocycles. The van der Waals surface area contributed by atoms with Crippen LogP contribution in [0.15, 0.2) is 95.9 Å². The van der Waals surface area contributed by atoms with Gasteiger partial charge in [0.05, 0.1) is 11.4 Å². The Morgan fingerprint density at radius 3 is 1.59 bits per heavy atom. The maximum absolute atomic E-state index is 13.1. The van der Waals surface area contributed by atoms with Crippen molar-refractivity contribution in [3.63, 3.8) is 0 Å². The second-order valence-electron chi connectivity index (χ2n) is 6.80. The molecular weight excluding hydrogens is 384 g/mol. The Labute approximate surface area is 172 Å². The van der Waals surface area contributed by atoms with Crippen molar-refractivity contribution in [2.75, 3.05) is 13.6 Å². The zero-order valence-corrected chi connectivity index (χ0v) is 17.1. The van der Waals surface area contributed by atoms with E-state index in [1.165, 1.54) is 19.2 Å². The quantitative estimate of drug-likeness (QED) is 0.573. The molecule has 29 heavy (non-hydrogen) atoms. The SMILES string of the molecule is CN(CC(=O)N(Cc1ccccc1)Cc1ccccc1)S(=O)(=O)c1ccccc1. The van der Waals surface area contributed by atoms with Gasteiger partial charge in [0.1, 0.15) is 0 Å². The van der Waals surface area contributed by atoms with Crippen LogP contribution in [0.4, 0.5) is 0 Å². The van der Waals surface area contributed by atoms with Crippen LogP contribution in [0, 0.1) is 0 Å². The largest absolute Gasteiger partial charge is 0.333 e. The van der Waals surface area contributed by atoms with Crippen LogP contribution in [0.5, 0.6) is 0 Å². The van der Waals surface area contributed by atoms with Gasteiger partial charge in [0.25, 0.3) is 0 Å². The first-order valence-corrected chi connectivity index (χ1v) is 10.8. The molecule has 0 saturated carbocycles. The predicted octanol–water partition coefficient (Wildman–Crippen LogP) is 3.54. The normalized spacial score (nSPS) is 11.4. The van der Waals surface area contributed by atoms with E-state index in [-0.39, 0.29) is 17.3 Å². The third kappa shape index (κ3) is 5.53. The fourth-order valence-electron chi connectivity index (χ4n) is 2.99. The summed E-state index contributed by atoms with van der Waals surface area (Å²) in [4.78, 5) is 14.9. The fourth-order valence-corrected chi connectivity index (χ4v) is 4.13. The summed E-state index contributed by atoms with van der Waals surface area (Å²) in [5, 5.41) is 0. The van der Waals surface area contributed by atoms with Gasteiger partial charge in [-0.1, -0.05) is 78.9 Å². The molecule has 0 aliphatic carbocycles. The Kier molecular flexibility index (Phi) is 6.80. The molecule has 6 heteroatoms. The van der Waals surface area contributed by atoms with Crippen molar-refractivity contribution < 1.29 is 13.2 Å². The maximum Gasteiger partial charge on any atom is 0.243 e. The fraction of sp³-hybridized carbons (Fsp3) is 0.174. The number of likely N-dealkylation sites (N-methyl/N-ethyl adjacent to an activating group) is 1. The number of sulfonamides is 1. The lowest BCUT2D eigenvalue weighted by atomic mass is 10.1. The standard InChI is InChI=1S/C23H24N2O3S/c1-24(29(27,28)22-15-9-4-10-16-22)19-23(26)25(17-20-11-5-2-6-12-20)18-21-13-7-3-8-14-21/h2-16H,17-19H2,1H3. The first-order valence-electron chi connectivity index (χ1n) is 9.34. The summed E-state index contributed by atoms with van der Waals surface area (Å²) in [6.07, 6.45) is 0. The van der Waals surface area contributed by atoms with Crippen LogP contribution in [0.3, 0.4) is 0 Å². The molecule has 5 nitrogen and oxygen atoms in total. The average Bonchev–Trinajstić information content (AvgIpc) is 2.75.